The summed E-state index contributed by atoms with van der Waals surface area (Å²) in [6.07, 6.45) is 2.30. The lowest BCUT2D eigenvalue weighted by molar-refractivity contribution is -0.00896. The van der Waals surface area contributed by atoms with Crippen molar-refractivity contribution in [3.63, 3.8) is 0 Å². The van der Waals surface area contributed by atoms with Gasteiger partial charge in [-0.1, -0.05) is 6.07 Å². The Bertz CT molecular complexity index is 1510. The second-order valence-electron chi connectivity index (χ2n) is 9.80. The SMILES string of the molecule is Cc1c(F)cc(F)c(O)c1-c1ccc2ncc(-c3cc(F)cc(F)c3)c(N3CCC4NCCOC4C3)c2c1. The Labute approximate surface area is 216 Å². The van der Waals surface area contributed by atoms with Crippen LogP contribution in [0.1, 0.15) is 12.0 Å². The predicted octanol–water partition coefficient (Wildman–Crippen LogP) is 5.71. The number of pyridine rings is 1. The normalized spacial score (nSPS) is 19.6. The summed E-state index contributed by atoms with van der Waals surface area (Å²) in [6, 6.07) is 9.23. The lowest BCUT2D eigenvalue weighted by Crippen LogP contribution is -2.57. The molecule has 2 aliphatic heterocycles. The van der Waals surface area contributed by atoms with Crippen LogP contribution in [0.4, 0.5) is 23.2 Å². The zero-order valence-corrected chi connectivity index (χ0v) is 20.6. The van der Waals surface area contributed by atoms with E-state index in [-0.39, 0.29) is 23.3 Å². The van der Waals surface area contributed by atoms with E-state index < -0.39 is 29.0 Å². The van der Waals surface area contributed by atoms with Crippen molar-refractivity contribution < 1.29 is 27.4 Å². The summed E-state index contributed by atoms with van der Waals surface area (Å²) in [4.78, 5) is 6.65. The van der Waals surface area contributed by atoms with E-state index in [1.165, 1.54) is 19.1 Å². The summed E-state index contributed by atoms with van der Waals surface area (Å²) in [6.45, 7) is 4.01. The first kappa shape index (κ1) is 24.6. The zero-order chi connectivity index (χ0) is 26.6. The van der Waals surface area contributed by atoms with Gasteiger partial charge in [-0.3, -0.25) is 4.98 Å². The number of fused-ring (bicyclic) bond motifs is 2. The summed E-state index contributed by atoms with van der Waals surface area (Å²) in [5.74, 6) is -3.91. The summed E-state index contributed by atoms with van der Waals surface area (Å²) < 4.78 is 63.3. The standard InChI is InChI=1S/C29H25F4N3O2/c1-15-22(32)12-23(33)29(37)27(15)16-2-3-24-20(10-16)28(36-6-4-25-26(14-36)38-7-5-34-25)21(13-35-24)17-8-18(30)11-19(31)9-17/h2-3,8-13,25-26,34,37H,4-7,14H2,1H3. The highest BCUT2D eigenvalue weighted by Crippen LogP contribution is 2.42. The number of nitrogens with one attached hydrogen (secondary N) is 1. The van der Waals surface area contributed by atoms with E-state index in [1.54, 1.807) is 24.4 Å². The Balaban J connectivity index is 1.58. The molecule has 38 heavy (non-hydrogen) atoms. The number of piperidine rings is 1. The van der Waals surface area contributed by atoms with Crippen LogP contribution in [-0.2, 0) is 4.74 Å². The molecule has 4 aromatic rings. The number of aromatic nitrogens is 1. The average molecular weight is 524 g/mol. The van der Waals surface area contributed by atoms with Gasteiger partial charge in [0.05, 0.1) is 23.9 Å². The molecule has 0 amide bonds. The minimum absolute atomic E-state index is 0.0380. The van der Waals surface area contributed by atoms with E-state index in [0.29, 0.717) is 59.0 Å². The maximum absolute atomic E-state index is 14.4. The Kier molecular flexibility index (Phi) is 6.20. The number of hydrogen-bond donors (Lipinski definition) is 2. The van der Waals surface area contributed by atoms with Gasteiger partial charge in [0.2, 0.25) is 0 Å². The molecule has 0 aliphatic carbocycles. The van der Waals surface area contributed by atoms with E-state index >= 15 is 0 Å². The molecule has 2 atom stereocenters. The van der Waals surface area contributed by atoms with E-state index in [0.717, 1.165) is 19.0 Å². The van der Waals surface area contributed by atoms with Crippen LogP contribution in [0.15, 0.2) is 48.7 Å². The zero-order valence-electron chi connectivity index (χ0n) is 20.6. The fourth-order valence-corrected chi connectivity index (χ4v) is 5.63. The number of morpholine rings is 1. The molecule has 2 N–H and O–H groups in total. The summed E-state index contributed by atoms with van der Waals surface area (Å²) in [7, 11) is 0. The summed E-state index contributed by atoms with van der Waals surface area (Å²) in [5, 5.41) is 14.6. The topological polar surface area (TPSA) is 57.6 Å². The fraction of sp³-hybridized carbons (Fsp3) is 0.276. The van der Waals surface area contributed by atoms with E-state index in [2.05, 4.69) is 15.2 Å². The molecule has 3 heterocycles. The van der Waals surface area contributed by atoms with Crippen LogP contribution < -0.4 is 10.2 Å². The van der Waals surface area contributed by atoms with E-state index in [1.807, 2.05) is 0 Å². The molecule has 0 radical (unpaired) electrons. The van der Waals surface area contributed by atoms with Gasteiger partial charge in [-0.15, -0.1) is 0 Å². The molecule has 196 valence electrons. The first-order valence-corrected chi connectivity index (χ1v) is 12.5. The molecule has 0 saturated carbocycles. The maximum atomic E-state index is 14.4. The van der Waals surface area contributed by atoms with Gasteiger partial charge in [-0.05, 0) is 54.3 Å². The van der Waals surface area contributed by atoms with Crippen molar-refractivity contribution in [2.75, 3.05) is 31.1 Å². The molecule has 0 spiro atoms. The Morgan fingerprint density at radius 2 is 1.79 bits per heavy atom. The van der Waals surface area contributed by atoms with Crippen LogP contribution in [0, 0.1) is 30.2 Å². The number of phenolic OH excluding ortho intramolecular Hbond substituents is 1. The number of nitrogens with zero attached hydrogens (tertiary/aromatic N) is 2. The van der Waals surface area contributed by atoms with Crippen LogP contribution in [0.3, 0.4) is 0 Å². The van der Waals surface area contributed by atoms with Crippen molar-refractivity contribution in [3.05, 3.63) is 77.5 Å². The van der Waals surface area contributed by atoms with Gasteiger partial charge < -0.3 is 20.1 Å². The molecular weight excluding hydrogens is 498 g/mol. The first-order chi connectivity index (χ1) is 18.3. The number of anilines is 1. The van der Waals surface area contributed by atoms with Crippen molar-refractivity contribution in [1.82, 2.24) is 10.3 Å². The molecule has 2 aliphatic rings. The average Bonchev–Trinajstić information content (AvgIpc) is 2.90. The number of aromatic hydroxyl groups is 1. The van der Waals surface area contributed by atoms with Crippen molar-refractivity contribution in [3.8, 4) is 28.0 Å². The second-order valence-corrected chi connectivity index (χ2v) is 9.80. The maximum Gasteiger partial charge on any atom is 0.168 e. The number of hydrogen-bond acceptors (Lipinski definition) is 5. The van der Waals surface area contributed by atoms with Crippen LogP contribution in [0.5, 0.6) is 5.75 Å². The lowest BCUT2D eigenvalue weighted by atomic mass is 9.93. The Morgan fingerprint density at radius 1 is 1.00 bits per heavy atom. The first-order valence-electron chi connectivity index (χ1n) is 12.5. The van der Waals surface area contributed by atoms with Gasteiger partial charge in [0.25, 0.3) is 0 Å². The van der Waals surface area contributed by atoms with Crippen molar-refractivity contribution in [2.45, 2.75) is 25.5 Å². The Morgan fingerprint density at radius 3 is 2.58 bits per heavy atom. The van der Waals surface area contributed by atoms with Crippen LogP contribution in [-0.4, -0.2) is 48.5 Å². The number of halogens is 4. The van der Waals surface area contributed by atoms with E-state index in [9.17, 15) is 22.7 Å². The molecule has 1 aromatic heterocycles. The third-order valence-corrected chi connectivity index (χ3v) is 7.47. The lowest BCUT2D eigenvalue weighted by Gasteiger charge is -2.43. The van der Waals surface area contributed by atoms with Crippen LogP contribution >= 0.6 is 0 Å². The molecule has 3 aromatic carbocycles. The molecule has 2 saturated heterocycles. The largest absolute Gasteiger partial charge is 0.504 e. The van der Waals surface area contributed by atoms with Crippen molar-refractivity contribution >= 4 is 16.6 Å². The predicted molar refractivity (Wildman–Crippen MR) is 137 cm³/mol. The van der Waals surface area contributed by atoms with Gasteiger partial charge in [-0.25, -0.2) is 17.6 Å². The molecule has 2 unspecified atom stereocenters. The van der Waals surface area contributed by atoms with Gasteiger partial charge in [-0.2, -0.15) is 0 Å². The van der Waals surface area contributed by atoms with Gasteiger partial charge in [0, 0.05) is 60.5 Å². The quantitative estimate of drug-likeness (QED) is 0.337. The molecule has 6 rings (SSSR count). The molecule has 0 bridgehead atoms. The highest BCUT2D eigenvalue weighted by molar-refractivity contribution is 6.02. The van der Waals surface area contributed by atoms with Gasteiger partial charge in [0.1, 0.15) is 17.5 Å². The fourth-order valence-electron chi connectivity index (χ4n) is 5.63. The molecular formula is C29H25F4N3O2. The molecule has 5 nitrogen and oxygen atoms in total. The highest BCUT2D eigenvalue weighted by atomic mass is 19.1. The second kappa shape index (κ2) is 9.56. The molecule has 9 heteroatoms. The third kappa shape index (κ3) is 4.25. The molecule has 2 fully saturated rings. The minimum atomic E-state index is -1.06. The third-order valence-electron chi connectivity index (χ3n) is 7.47. The van der Waals surface area contributed by atoms with Gasteiger partial charge >= 0.3 is 0 Å². The van der Waals surface area contributed by atoms with Gasteiger partial charge in [0.15, 0.2) is 11.6 Å². The van der Waals surface area contributed by atoms with Crippen molar-refractivity contribution in [2.24, 2.45) is 0 Å². The number of phenols is 1. The summed E-state index contributed by atoms with van der Waals surface area (Å²) >= 11 is 0. The van der Waals surface area contributed by atoms with Crippen molar-refractivity contribution in [1.29, 1.82) is 0 Å². The Hall–Kier alpha value is -3.69. The number of benzene rings is 3. The number of ether oxygens (including phenoxy) is 1. The van der Waals surface area contributed by atoms with Crippen LogP contribution in [0.25, 0.3) is 33.2 Å². The highest BCUT2D eigenvalue weighted by Gasteiger charge is 2.34. The summed E-state index contributed by atoms with van der Waals surface area (Å²) in [5.41, 5.74) is 2.63. The monoisotopic (exact) mass is 523 g/mol. The van der Waals surface area contributed by atoms with Crippen LogP contribution in [0.2, 0.25) is 0 Å². The minimum Gasteiger partial charge on any atom is -0.504 e. The van der Waals surface area contributed by atoms with E-state index in [4.69, 9.17) is 4.74 Å². The number of rotatable bonds is 3. The smallest absolute Gasteiger partial charge is 0.168 e.